The van der Waals surface area contributed by atoms with Gasteiger partial charge in [0.15, 0.2) is 11.5 Å². The second-order valence-electron chi connectivity index (χ2n) is 9.07. The molecule has 4 aromatic rings. The minimum absolute atomic E-state index is 0.0554. The minimum atomic E-state index is -0.730. The molecule has 0 bridgehead atoms. The zero-order chi connectivity index (χ0) is 31.4. The van der Waals surface area contributed by atoms with Gasteiger partial charge in [0.2, 0.25) is 5.78 Å². The average molecular weight is 595 g/mol. The van der Waals surface area contributed by atoms with Crippen LogP contribution >= 0.6 is 11.8 Å². The molecule has 0 radical (unpaired) electrons. The van der Waals surface area contributed by atoms with Crippen LogP contribution in [-0.4, -0.2) is 28.2 Å². The van der Waals surface area contributed by atoms with Crippen LogP contribution in [0.25, 0.3) is 0 Å². The van der Waals surface area contributed by atoms with Crippen LogP contribution in [0.3, 0.4) is 0 Å². The smallest absolute Gasteiger partial charge is 0.318 e. The second-order valence-corrected chi connectivity index (χ2v) is 10.2. The maximum absolute atomic E-state index is 13.3. The lowest BCUT2D eigenvalue weighted by molar-refractivity contribution is -0.385. The Balaban J connectivity index is 0.00000119. The number of hydrogen-bond acceptors (Lipinski definition) is 8. The normalized spacial score (nSPS) is 10.9. The fourth-order valence-electron chi connectivity index (χ4n) is 3.78. The van der Waals surface area contributed by atoms with Gasteiger partial charge in [0.05, 0.1) is 4.92 Å². The van der Waals surface area contributed by atoms with E-state index in [9.17, 15) is 24.5 Å². The Kier molecular flexibility index (Phi) is 11.8. The highest BCUT2D eigenvalue weighted by Crippen LogP contribution is 2.29. The molecule has 0 unspecified atom stereocenters. The van der Waals surface area contributed by atoms with Gasteiger partial charge in [-0.05, 0) is 69.3 Å². The van der Waals surface area contributed by atoms with E-state index < -0.39 is 16.7 Å². The molecular formula is C34H30N2O6S. The molecule has 0 saturated carbocycles. The van der Waals surface area contributed by atoms with Crippen LogP contribution in [-0.2, 0) is 9.63 Å². The third kappa shape index (κ3) is 8.92. The van der Waals surface area contributed by atoms with Crippen molar-refractivity contribution in [2.75, 3.05) is 0 Å². The minimum Gasteiger partial charge on any atom is -0.318 e. The number of allylic oxidation sites excluding steroid dienone is 2. The summed E-state index contributed by atoms with van der Waals surface area (Å²) in [5.74, 6) is -1.34. The molecule has 9 heteroatoms. The van der Waals surface area contributed by atoms with Gasteiger partial charge in [-0.15, -0.1) is 0 Å². The first-order valence-electron chi connectivity index (χ1n) is 13.3. The van der Waals surface area contributed by atoms with E-state index >= 15 is 0 Å². The first-order valence-corrected chi connectivity index (χ1v) is 14.1. The zero-order valence-electron chi connectivity index (χ0n) is 24.1. The third-order valence-corrected chi connectivity index (χ3v) is 7.09. The van der Waals surface area contributed by atoms with Crippen LogP contribution in [0, 0.1) is 17.0 Å². The number of carbonyl (C=O) groups excluding carboxylic acids is 3. The van der Waals surface area contributed by atoms with Gasteiger partial charge in [0.25, 0.3) is 5.69 Å². The first kappa shape index (κ1) is 32.4. The number of ketones is 2. The summed E-state index contributed by atoms with van der Waals surface area (Å²) in [6, 6.07) is 27.3. The van der Waals surface area contributed by atoms with Crippen molar-refractivity contribution in [3.05, 3.63) is 147 Å². The highest BCUT2D eigenvalue weighted by Gasteiger charge is 2.24. The van der Waals surface area contributed by atoms with Gasteiger partial charge in [-0.1, -0.05) is 71.5 Å². The average Bonchev–Trinajstić information content (AvgIpc) is 3.02. The van der Waals surface area contributed by atoms with Gasteiger partial charge >= 0.3 is 5.97 Å². The SMILES string of the molecule is C/C=C\C.CC(=O)O/N=C(\C(=O)c1ccc(Sc2ccc(C(=O)c3ccccc3)cc2)cc1)c1cccc([N+](=O)[O-])c1C. The van der Waals surface area contributed by atoms with Crippen molar-refractivity contribution in [3.8, 4) is 0 Å². The van der Waals surface area contributed by atoms with Crippen LogP contribution in [0.4, 0.5) is 5.69 Å². The lowest BCUT2D eigenvalue weighted by Crippen LogP contribution is -2.18. The quantitative estimate of drug-likeness (QED) is 0.0481. The number of Topliss-reactive ketones (excluding diaryl/α,β-unsaturated/α-hetero) is 1. The summed E-state index contributed by atoms with van der Waals surface area (Å²) in [4.78, 5) is 54.7. The number of carbonyl (C=O) groups is 3. The molecule has 0 atom stereocenters. The Bertz CT molecular complexity index is 1660. The molecule has 4 aromatic carbocycles. The molecule has 0 heterocycles. The summed E-state index contributed by atoms with van der Waals surface area (Å²) in [6.07, 6.45) is 4.00. The molecule has 4 rings (SSSR count). The molecule has 0 amide bonds. The van der Waals surface area contributed by atoms with E-state index in [0.717, 1.165) is 16.7 Å². The van der Waals surface area contributed by atoms with Crippen molar-refractivity contribution in [2.45, 2.75) is 37.5 Å². The number of hydrogen-bond donors (Lipinski definition) is 0. The summed E-state index contributed by atoms with van der Waals surface area (Å²) in [6.45, 7) is 6.64. The van der Waals surface area contributed by atoms with E-state index in [1.165, 1.54) is 36.9 Å². The summed E-state index contributed by atoms with van der Waals surface area (Å²) in [5, 5.41) is 15.1. The van der Waals surface area contributed by atoms with Gasteiger partial charge in [-0.3, -0.25) is 19.7 Å². The van der Waals surface area contributed by atoms with Crippen molar-refractivity contribution in [1.29, 1.82) is 0 Å². The zero-order valence-corrected chi connectivity index (χ0v) is 25.0. The Morgan fingerprint density at radius 1 is 0.767 bits per heavy atom. The van der Waals surface area contributed by atoms with Crippen LogP contribution in [0.2, 0.25) is 0 Å². The van der Waals surface area contributed by atoms with Gasteiger partial charge in [0, 0.05) is 50.6 Å². The standard InChI is InChI=1S/C30H22N2O6S.C4H8/c1-19-26(9-6-10-27(19)32(36)37)28(31-38-20(2)33)30(35)23-13-17-25(18-14-23)39-24-15-11-22(12-16-24)29(34)21-7-4-3-5-8-21;1-3-4-2/h3-18H,1-2H3;3-4H,1-2H3/b31-28-;4-3-. The van der Waals surface area contributed by atoms with E-state index in [0.29, 0.717) is 11.1 Å². The summed E-state index contributed by atoms with van der Waals surface area (Å²) in [5.41, 5.74) is 1.49. The number of nitro benzene ring substituents is 1. The second kappa shape index (κ2) is 15.7. The topological polar surface area (TPSA) is 116 Å². The molecule has 0 spiro atoms. The van der Waals surface area contributed by atoms with Gasteiger partial charge < -0.3 is 4.84 Å². The van der Waals surface area contributed by atoms with E-state index in [1.54, 1.807) is 48.5 Å². The molecule has 8 nitrogen and oxygen atoms in total. The van der Waals surface area contributed by atoms with Crippen molar-refractivity contribution >= 4 is 40.7 Å². The summed E-state index contributed by atoms with van der Waals surface area (Å²) >= 11 is 1.45. The molecule has 43 heavy (non-hydrogen) atoms. The first-order chi connectivity index (χ1) is 20.7. The molecular weight excluding hydrogens is 564 g/mol. The lowest BCUT2D eigenvalue weighted by Gasteiger charge is -2.10. The molecule has 0 aliphatic heterocycles. The molecule has 0 N–H and O–H groups in total. The van der Waals surface area contributed by atoms with Gasteiger partial charge in [-0.2, -0.15) is 0 Å². The number of nitrogens with zero attached hydrogens (tertiary/aromatic N) is 2. The number of rotatable bonds is 9. The Morgan fingerprint density at radius 3 is 1.81 bits per heavy atom. The fourth-order valence-corrected chi connectivity index (χ4v) is 4.59. The van der Waals surface area contributed by atoms with Crippen molar-refractivity contribution < 1.29 is 24.1 Å². The van der Waals surface area contributed by atoms with Crippen molar-refractivity contribution in [3.63, 3.8) is 0 Å². The number of benzene rings is 4. The van der Waals surface area contributed by atoms with Gasteiger partial charge in [-0.25, -0.2) is 4.79 Å². The number of nitro groups is 1. The molecule has 0 saturated heterocycles. The molecule has 218 valence electrons. The highest BCUT2D eigenvalue weighted by molar-refractivity contribution is 7.99. The summed E-state index contributed by atoms with van der Waals surface area (Å²) < 4.78 is 0. The Morgan fingerprint density at radius 2 is 1.30 bits per heavy atom. The molecule has 0 fully saturated rings. The van der Waals surface area contributed by atoms with E-state index in [1.807, 2.05) is 56.3 Å². The Labute approximate surface area is 254 Å². The van der Waals surface area contributed by atoms with E-state index in [2.05, 4.69) is 5.16 Å². The summed E-state index contributed by atoms with van der Waals surface area (Å²) in [7, 11) is 0. The predicted octanol–water partition coefficient (Wildman–Crippen LogP) is 8.02. The van der Waals surface area contributed by atoms with Crippen molar-refractivity contribution in [1.82, 2.24) is 0 Å². The van der Waals surface area contributed by atoms with Crippen molar-refractivity contribution in [2.24, 2.45) is 5.16 Å². The van der Waals surface area contributed by atoms with Crippen LogP contribution in [0.15, 0.2) is 124 Å². The predicted molar refractivity (Wildman–Crippen MR) is 168 cm³/mol. The van der Waals surface area contributed by atoms with Crippen LogP contribution < -0.4 is 0 Å². The Hall–Kier alpha value is -5.15. The largest absolute Gasteiger partial charge is 0.332 e. The molecule has 0 aliphatic carbocycles. The fraction of sp³-hybridized carbons (Fsp3) is 0.118. The maximum Gasteiger partial charge on any atom is 0.332 e. The molecule has 0 aliphatic rings. The van der Waals surface area contributed by atoms with Crippen LogP contribution in [0.1, 0.15) is 58.2 Å². The van der Waals surface area contributed by atoms with E-state index in [4.69, 9.17) is 4.84 Å². The lowest BCUT2D eigenvalue weighted by atomic mass is 9.96. The van der Waals surface area contributed by atoms with Gasteiger partial charge in [0.1, 0.15) is 0 Å². The van der Waals surface area contributed by atoms with E-state index in [-0.39, 0.29) is 33.9 Å². The highest BCUT2D eigenvalue weighted by atomic mass is 32.2. The number of oxime groups is 1. The maximum atomic E-state index is 13.3. The molecule has 0 aromatic heterocycles. The monoisotopic (exact) mass is 594 g/mol. The van der Waals surface area contributed by atoms with Crippen LogP contribution in [0.5, 0.6) is 0 Å². The third-order valence-electron chi connectivity index (χ3n) is 6.08.